The van der Waals surface area contributed by atoms with Crippen molar-refractivity contribution in [2.24, 2.45) is 5.92 Å². The van der Waals surface area contributed by atoms with Crippen LogP contribution in [0.5, 0.6) is 0 Å². The van der Waals surface area contributed by atoms with E-state index in [1.165, 1.54) is 12.2 Å². The van der Waals surface area contributed by atoms with Crippen LogP contribution in [0.2, 0.25) is 0 Å². The molecule has 0 saturated carbocycles. The molecule has 0 aliphatic carbocycles. The van der Waals surface area contributed by atoms with Crippen molar-refractivity contribution in [1.29, 1.82) is 0 Å². The van der Waals surface area contributed by atoms with Crippen molar-refractivity contribution >= 4 is 17.7 Å². The fraction of sp³-hybridized carbons (Fsp3) is 0.429. The summed E-state index contributed by atoms with van der Waals surface area (Å²) in [6, 6.07) is 1.65. The average Bonchev–Trinajstić information content (AvgIpc) is 2.96. The Kier molecular flexibility index (Phi) is 5.25. The van der Waals surface area contributed by atoms with Crippen LogP contribution in [0.1, 0.15) is 22.3 Å². The van der Waals surface area contributed by atoms with Crippen LogP contribution in [0.25, 0.3) is 0 Å². The summed E-state index contributed by atoms with van der Waals surface area (Å²) >= 11 is 1.93. The number of aliphatic hydroxyl groups excluding tert-OH is 1. The molecule has 100 valence electrons. The van der Waals surface area contributed by atoms with E-state index in [4.69, 9.17) is 5.11 Å². The van der Waals surface area contributed by atoms with Crippen molar-refractivity contribution in [3.05, 3.63) is 29.6 Å². The molecule has 1 aliphatic heterocycles. The zero-order valence-corrected chi connectivity index (χ0v) is 11.4. The van der Waals surface area contributed by atoms with E-state index in [-0.39, 0.29) is 12.5 Å². The van der Waals surface area contributed by atoms with E-state index in [1.54, 1.807) is 18.5 Å². The van der Waals surface area contributed by atoms with Gasteiger partial charge in [0.05, 0.1) is 11.1 Å². The second-order valence-electron chi connectivity index (χ2n) is 4.32. The van der Waals surface area contributed by atoms with Crippen LogP contribution < -0.4 is 5.32 Å². The molecule has 1 aromatic heterocycles. The fourth-order valence-corrected chi connectivity index (χ4v) is 3.19. The fourth-order valence-electron chi connectivity index (χ4n) is 1.90. The number of nitrogens with zero attached hydrogens (tertiary/aromatic N) is 1. The van der Waals surface area contributed by atoms with Crippen molar-refractivity contribution in [1.82, 2.24) is 10.3 Å². The van der Waals surface area contributed by atoms with Gasteiger partial charge < -0.3 is 10.4 Å². The van der Waals surface area contributed by atoms with Crippen molar-refractivity contribution in [3.63, 3.8) is 0 Å². The summed E-state index contributed by atoms with van der Waals surface area (Å²) in [5.41, 5.74) is 1.07. The lowest BCUT2D eigenvalue weighted by atomic mass is 10.1. The number of pyridine rings is 1. The lowest BCUT2D eigenvalue weighted by Crippen LogP contribution is -2.29. The van der Waals surface area contributed by atoms with E-state index >= 15 is 0 Å². The van der Waals surface area contributed by atoms with Gasteiger partial charge in [0, 0.05) is 18.9 Å². The molecule has 2 N–H and O–H groups in total. The first-order valence-electron chi connectivity index (χ1n) is 6.21. The summed E-state index contributed by atoms with van der Waals surface area (Å²) in [6.07, 6.45) is 4.28. The highest BCUT2D eigenvalue weighted by molar-refractivity contribution is 7.99. The maximum Gasteiger partial charge on any atom is 0.252 e. The second-order valence-corrected chi connectivity index (χ2v) is 5.47. The zero-order valence-electron chi connectivity index (χ0n) is 10.6. The van der Waals surface area contributed by atoms with Gasteiger partial charge in [-0.05, 0) is 29.9 Å². The van der Waals surface area contributed by atoms with Crippen molar-refractivity contribution in [3.8, 4) is 11.8 Å². The van der Waals surface area contributed by atoms with E-state index in [2.05, 4.69) is 22.1 Å². The highest BCUT2D eigenvalue weighted by Crippen LogP contribution is 2.22. The predicted molar refractivity (Wildman–Crippen MR) is 76.0 cm³/mol. The molecule has 0 aromatic carbocycles. The highest BCUT2D eigenvalue weighted by Gasteiger charge is 2.17. The van der Waals surface area contributed by atoms with Gasteiger partial charge in [0.25, 0.3) is 5.91 Å². The largest absolute Gasteiger partial charge is 0.384 e. The second kappa shape index (κ2) is 7.17. The molecule has 1 amide bonds. The van der Waals surface area contributed by atoms with Crippen LogP contribution in [0.15, 0.2) is 18.5 Å². The van der Waals surface area contributed by atoms with Crippen LogP contribution in [-0.2, 0) is 0 Å². The maximum atomic E-state index is 12.1. The van der Waals surface area contributed by atoms with Crippen LogP contribution in [-0.4, -0.2) is 40.7 Å². The SMILES string of the molecule is O=C(NCC1CCSC1)c1ccncc1C#CCO. The molecule has 1 aromatic rings. The predicted octanol–water partition coefficient (Wildman–Crippen LogP) is 0.908. The van der Waals surface area contributed by atoms with Crippen LogP contribution in [0.4, 0.5) is 0 Å². The van der Waals surface area contributed by atoms with Gasteiger partial charge in [0.2, 0.25) is 0 Å². The minimum Gasteiger partial charge on any atom is -0.384 e. The molecule has 0 spiro atoms. The topological polar surface area (TPSA) is 62.2 Å². The Hall–Kier alpha value is -1.51. The first-order chi connectivity index (χ1) is 9.31. The number of hydrogen-bond donors (Lipinski definition) is 2. The molecule has 0 bridgehead atoms. The minimum atomic E-state index is -0.227. The number of thioether (sulfide) groups is 1. The molecule has 2 heterocycles. The average molecular weight is 276 g/mol. The Morgan fingerprint density at radius 1 is 1.63 bits per heavy atom. The van der Waals surface area contributed by atoms with E-state index in [1.807, 2.05) is 11.8 Å². The lowest BCUT2D eigenvalue weighted by molar-refractivity contribution is 0.0948. The molecular formula is C14H16N2O2S. The normalized spacial score (nSPS) is 17.6. The van der Waals surface area contributed by atoms with Gasteiger partial charge in [-0.15, -0.1) is 0 Å². The first-order valence-corrected chi connectivity index (χ1v) is 7.36. The molecule has 1 atom stereocenters. The number of aliphatic hydroxyl groups is 1. The Labute approximate surface area is 117 Å². The third-order valence-electron chi connectivity index (χ3n) is 2.94. The Bertz CT molecular complexity index is 502. The van der Waals surface area contributed by atoms with Crippen LogP contribution in [0.3, 0.4) is 0 Å². The number of amides is 1. The number of hydrogen-bond acceptors (Lipinski definition) is 4. The van der Waals surface area contributed by atoms with Gasteiger partial charge in [-0.25, -0.2) is 0 Å². The smallest absolute Gasteiger partial charge is 0.252 e. The summed E-state index contributed by atoms with van der Waals surface area (Å²) in [6.45, 7) is 0.482. The maximum absolute atomic E-state index is 12.1. The monoisotopic (exact) mass is 276 g/mol. The van der Waals surface area contributed by atoms with E-state index < -0.39 is 0 Å². The summed E-state index contributed by atoms with van der Waals surface area (Å²) in [5, 5.41) is 11.7. The summed E-state index contributed by atoms with van der Waals surface area (Å²) in [4.78, 5) is 16.1. The molecular weight excluding hydrogens is 260 g/mol. The van der Waals surface area contributed by atoms with Crippen LogP contribution >= 0.6 is 11.8 Å². The summed E-state index contributed by atoms with van der Waals surface area (Å²) in [7, 11) is 0. The van der Waals surface area contributed by atoms with E-state index in [0.717, 1.165) is 5.75 Å². The summed E-state index contributed by atoms with van der Waals surface area (Å²) in [5.74, 6) is 8.03. The molecule has 5 heteroatoms. The minimum absolute atomic E-state index is 0.124. The third-order valence-corrected chi connectivity index (χ3v) is 4.17. The first kappa shape index (κ1) is 13.9. The number of aromatic nitrogens is 1. The lowest BCUT2D eigenvalue weighted by Gasteiger charge is -2.10. The van der Waals surface area contributed by atoms with Crippen molar-refractivity contribution in [2.45, 2.75) is 6.42 Å². The highest BCUT2D eigenvalue weighted by atomic mass is 32.2. The third kappa shape index (κ3) is 3.98. The molecule has 19 heavy (non-hydrogen) atoms. The molecule has 1 fully saturated rings. The molecule has 4 nitrogen and oxygen atoms in total. The van der Waals surface area contributed by atoms with Gasteiger partial charge >= 0.3 is 0 Å². The molecule has 1 saturated heterocycles. The molecule has 0 radical (unpaired) electrons. The number of nitrogens with one attached hydrogen (secondary N) is 1. The zero-order chi connectivity index (χ0) is 13.5. The Morgan fingerprint density at radius 2 is 2.53 bits per heavy atom. The van der Waals surface area contributed by atoms with Gasteiger partial charge in [-0.2, -0.15) is 11.8 Å². The Balaban J connectivity index is 2.01. The van der Waals surface area contributed by atoms with Gasteiger partial charge in [0.15, 0.2) is 0 Å². The number of rotatable bonds is 3. The molecule has 2 rings (SSSR count). The van der Waals surface area contributed by atoms with Crippen molar-refractivity contribution < 1.29 is 9.90 Å². The molecule has 1 aliphatic rings. The van der Waals surface area contributed by atoms with Gasteiger partial charge in [0.1, 0.15) is 6.61 Å². The van der Waals surface area contributed by atoms with Gasteiger partial charge in [-0.3, -0.25) is 9.78 Å². The van der Waals surface area contributed by atoms with Crippen LogP contribution in [0, 0.1) is 17.8 Å². The number of carbonyl (C=O) groups excluding carboxylic acids is 1. The number of carbonyl (C=O) groups is 1. The van der Waals surface area contributed by atoms with E-state index in [9.17, 15) is 4.79 Å². The van der Waals surface area contributed by atoms with Crippen molar-refractivity contribution in [2.75, 3.05) is 24.7 Å². The standard InChI is InChI=1S/C14H16N2O2S/c17-6-1-2-12-9-15-5-3-13(12)14(18)16-8-11-4-7-19-10-11/h3,5,9,11,17H,4,6-8,10H2,(H,16,18). The van der Waals surface area contributed by atoms with E-state index in [0.29, 0.717) is 23.6 Å². The summed E-state index contributed by atoms with van der Waals surface area (Å²) < 4.78 is 0. The molecule has 1 unspecified atom stereocenters. The Morgan fingerprint density at radius 3 is 3.26 bits per heavy atom. The van der Waals surface area contributed by atoms with Gasteiger partial charge in [-0.1, -0.05) is 11.8 Å². The quantitative estimate of drug-likeness (QED) is 0.806.